The van der Waals surface area contributed by atoms with E-state index in [2.05, 4.69) is 15.8 Å². The van der Waals surface area contributed by atoms with E-state index in [1.165, 1.54) is 35.6 Å². The number of carbonyl (C=O) groups is 2. The summed E-state index contributed by atoms with van der Waals surface area (Å²) < 4.78 is 28.3. The molecule has 0 saturated heterocycles. The summed E-state index contributed by atoms with van der Waals surface area (Å²) in [6.07, 6.45) is 1.08. The number of hydrogen-bond donors (Lipinski definition) is 2. The molecule has 0 radical (unpaired) electrons. The molecule has 10 heteroatoms. The van der Waals surface area contributed by atoms with E-state index < -0.39 is 21.7 Å². The van der Waals surface area contributed by atoms with Gasteiger partial charge in [0.15, 0.2) is 9.84 Å². The lowest BCUT2D eigenvalue weighted by molar-refractivity contribution is 0.0844. The predicted molar refractivity (Wildman–Crippen MR) is 113 cm³/mol. The highest BCUT2D eigenvalue weighted by atomic mass is 32.2. The van der Waals surface area contributed by atoms with Crippen LogP contribution in [0.5, 0.6) is 5.75 Å². The van der Waals surface area contributed by atoms with Gasteiger partial charge in [-0.05, 0) is 55.5 Å². The van der Waals surface area contributed by atoms with Crippen molar-refractivity contribution in [3.63, 3.8) is 0 Å². The van der Waals surface area contributed by atoms with Crippen molar-refractivity contribution >= 4 is 33.0 Å². The van der Waals surface area contributed by atoms with Gasteiger partial charge in [-0.15, -0.1) is 11.3 Å². The smallest absolute Gasteiger partial charge is 0.289 e. The fraction of sp³-hybridized carbons (Fsp3) is 0.150. The van der Waals surface area contributed by atoms with Crippen LogP contribution in [-0.2, 0) is 9.84 Å². The zero-order valence-corrected chi connectivity index (χ0v) is 17.8. The van der Waals surface area contributed by atoms with Crippen LogP contribution in [0.25, 0.3) is 10.6 Å². The van der Waals surface area contributed by atoms with E-state index in [-0.39, 0.29) is 16.2 Å². The zero-order valence-electron chi connectivity index (χ0n) is 16.2. The molecule has 156 valence electrons. The minimum atomic E-state index is -3.35. The van der Waals surface area contributed by atoms with Gasteiger partial charge >= 0.3 is 0 Å². The van der Waals surface area contributed by atoms with Crippen LogP contribution in [0.15, 0.2) is 58.8 Å². The molecule has 0 aliphatic rings. The van der Waals surface area contributed by atoms with Crippen LogP contribution >= 0.6 is 11.3 Å². The molecule has 0 unspecified atom stereocenters. The molecular weight excluding hydrogens is 426 g/mol. The highest BCUT2D eigenvalue weighted by Gasteiger charge is 2.14. The lowest BCUT2D eigenvalue weighted by Crippen LogP contribution is -2.41. The van der Waals surface area contributed by atoms with E-state index >= 15 is 0 Å². The minimum Gasteiger partial charge on any atom is -0.494 e. The Morgan fingerprint density at radius 1 is 1.00 bits per heavy atom. The van der Waals surface area contributed by atoms with E-state index in [0.717, 1.165) is 17.6 Å². The summed E-state index contributed by atoms with van der Waals surface area (Å²) in [5.41, 5.74) is 5.80. The van der Waals surface area contributed by atoms with Crippen LogP contribution in [0.4, 0.5) is 0 Å². The number of hydrazine groups is 1. The van der Waals surface area contributed by atoms with E-state index in [1.54, 1.807) is 5.38 Å². The maximum absolute atomic E-state index is 12.3. The third-order valence-corrected chi connectivity index (χ3v) is 6.00. The highest BCUT2D eigenvalue weighted by Crippen LogP contribution is 2.25. The number of nitrogens with one attached hydrogen (secondary N) is 2. The van der Waals surface area contributed by atoms with Gasteiger partial charge in [-0.1, -0.05) is 0 Å². The van der Waals surface area contributed by atoms with E-state index in [9.17, 15) is 18.0 Å². The Kier molecular flexibility index (Phi) is 6.48. The van der Waals surface area contributed by atoms with Gasteiger partial charge < -0.3 is 4.74 Å². The van der Waals surface area contributed by atoms with Crippen molar-refractivity contribution in [3.05, 3.63) is 65.2 Å². The lowest BCUT2D eigenvalue weighted by Gasteiger charge is -2.06. The molecule has 2 amide bonds. The number of aromatic nitrogens is 1. The van der Waals surface area contributed by atoms with Gasteiger partial charge in [-0.2, -0.15) is 0 Å². The largest absolute Gasteiger partial charge is 0.494 e. The standard InChI is InChI=1S/C20H19N3O5S2/c1-3-28-15-8-4-14(5-9-15)20-21-17(12-29-20)19(25)23-22-18(24)13-6-10-16(11-7-13)30(2,26)27/h4-12H,3H2,1-2H3,(H,22,24)(H,23,25). The molecule has 0 fully saturated rings. The molecule has 1 heterocycles. The number of hydrogen-bond acceptors (Lipinski definition) is 7. The molecule has 8 nitrogen and oxygen atoms in total. The molecule has 3 rings (SSSR count). The van der Waals surface area contributed by atoms with Gasteiger partial charge in [0.2, 0.25) is 0 Å². The van der Waals surface area contributed by atoms with Gasteiger partial charge in [0.05, 0.1) is 11.5 Å². The number of ether oxygens (including phenoxy) is 1. The van der Waals surface area contributed by atoms with Gasteiger partial charge in [0.1, 0.15) is 16.5 Å². The Morgan fingerprint density at radius 2 is 1.63 bits per heavy atom. The lowest BCUT2D eigenvalue weighted by atomic mass is 10.2. The van der Waals surface area contributed by atoms with Crippen LogP contribution < -0.4 is 15.6 Å². The Hall–Kier alpha value is -3.24. The molecule has 2 N–H and O–H groups in total. The van der Waals surface area contributed by atoms with E-state index in [0.29, 0.717) is 11.6 Å². The number of nitrogens with zero attached hydrogens (tertiary/aromatic N) is 1. The normalized spacial score (nSPS) is 11.0. The van der Waals surface area contributed by atoms with Crippen LogP contribution in [0, 0.1) is 0 Å². The molecule has 0 spiro atoms. The third kappa shape index (κ3) is 5.22. The molecule has 0 aliphatic carbocycles. The summed E-state index contributed by atoms with van der Waals surface area (Å²) >= 11 is 1.30. The third-order valence-electron chi connectivity index (χ3n) is 3.98. The second-order valence-electron chi connectivity index (χ2n) is 6.20. The van der Waals surface area contributed by atoms with E-state index in [1.807, 2.05) is 31.2 Å². The first-order chi connectivity index (χ1) is 14.3. The van der Waals surface area contributed by atoms with Crippen molar-refractivity contribution in [1.29, 1.82) is 0 Å². The SMILES string of the molecule is CCOc1ccc(-c2nc(C(=O)NNC(=O)c3ccc(S(C)(=O)=O)cc3)cs2)cc1. The number of sulfone groups is 1. The second kappa shape index (κ2) is 9.06. The summed E-state index contributed by atoms with van der Waals surface area (Å²) in [6, 6.07) is 12.8. The van der Waals surface area contributed by atoms with Gasteiger partial charge in [0.25, 0.3) is 11.8 Å². The average Bonchev–Trinajstić information content (AvgIpc) is 3.22. The monoisotopic (exact) mass is 445 g/mol. The number of thiazole rings is 1. The Bertz CT molecular complexity index is 1150. The first-order valence-corrected chi connectivity index (χ1v) is 11.6. The molecule has 3 aromatic rings. The van der Waals surface area contributed by atoms with E-state index in [4.69, 9.17) is 4.74 Å². The fourth-order valence-corrected chi connectivity index (χ4v) is 3.91. The first-order valence-electron chi connectivity index (χ1n) is 8.87. The molecule has 0 saturated carbocycles. The predicted octanol–water partition coefficient (Wildman–Crippen LogP) is 2.69. The quantitative estimate of drug-likeness (QED) is 0.564. The van der Waals surface area contributed by atoms with Crippen molar-refractivity contribution in [2.75, 3.05) is 12.9 Å². The van der Waals surface area contributed by atoms with Gasteiger partial charge in [-0.25, -0.2) is 13.4 Å². The fourth-order valence-electron chi connectivity index (χ4n) is 2.47. The van der Waals surface area contributed by atoms with Crippen molar-refractivity contribution < 1.29 is 22.7 Å². The number of rotatable bonds is 6. The molecule has 0 aliphatic heterocycles. The Labute approximate surface area is 177 Å². The van der Waals surface area contributed by atoms with Crippen molar-refractivity contribution in [3.8, 4) is 16.3 Å². The minimum absolute atomic E-state index is 0.104. The molecule has 30 heavy (non-hydrogen) atoms. The molecular formula is C20H19N3O5S2. The summed E-state index contributed by atoms with van der Waals surface area (Å²) in [5.74, 6) is -0.391. The molecule has 0 atom stereocenters. The average molecular weight is 446 g/mol. The van der Waals surface area contributed by atoms with Gasteiger partial charge in [-0.3, -0.25) is 20.4 Å². The number of benzene rings is 2. The maximum Gasteiger partial charge on any atom is 0.289 e. The first kappa shape index (κ1) is 21.5. The zero-order chi connectivity index (χ0) is 21.7. The van der Waals surface area contributed by atoms with Crippen molar-refractivity contribution in [1.82, 2.24) is 15.8 Å². The molecule has 2 aromatic carbocycles. The summed E-state index contributed by atoms with van der Waals surface area (Å²) in [5, 5.41) is 2.25. The molecule has 0 bridgehead atoms. The van der Waals surface area contributed by atoms with Crippen LogP contribution in [0.1, 0.15) is 27.8 Å². The number of carbonyl (C=O) groups excluding carboxylic acids is 2. The maximum atomic E-state index is 12.3. The summed E-state index contributed by atoms with van der Waals surface area (Å²) in [6.45, 7) is 2.48. The second-order valence-corrected chi connectivity index (χ2v) is 9.07. The summed E-state index contributed by atoms with van der Waals surface area (Å²) in [4.78, 5) is 28.8. The topological polar surface area (TPSA) is 114 Å². The number of amides is 2. The van der Waals surface area contributed by atoms with Crippen LogP contribution in [0.3, 0.4) is 0 Å². The van der Waals surface area contributed by atoms with Crippen LogP contribution in [0.2, 0.25) is 0 Å². The molecule has 1 aromatic heterocycles. The van der Waals surface area contributed by atoms with Crippen molar-refractivity contribution in [2.24, 2.45) is 0 Å². The van der Waals surface area contributed by atoms with Gasteiger partial charge in [0, 0.05) is 22.8 Å². The highest BCUT2D eigenvalue weighted by molar-refractivity contribution is 7.90. The summed E-state index contributed by atoms with van der Waals surface area (Å²) in [7, 11) is -3.35. The van der Waals surface area contributed by atoms with Crippen LogP contribution in [-0.4, -0.2) is 38.1 Å². The Balaban J connectivity index is 1.60. The Morgan fingerprint density at radius 3 is 2.23 bits per heavy atom. The van der Waals surface area contributed by atoms with Crippen molar-refractivity contribution in [2.45, 2.75) is 11.8 Å².